The van der Waals surface area contributed by atoms with Crippen LogP contribution in [-0.4, -0.2) is 76.8 Å². The van der Waals surface area contributed by atoms with Crippen molar-refractivity contribution >= 4 is 35.6 Å². The van der Waals surface area contributed by atoms with E-state index in [0.717, 1.165) is 25.0 Å². The number of hydrogen-bond donors (Lipinski definition) is 5. The van der Waals surface area contributed by atoms with Crippen LogP contribution in [0.1, 0.15) is 65.7 Å². The molecule has 2 aliphatic rings. The van der Waals surface area contributed by atoms with Crippen LogP contribution in [0.25, 0.3) is 0 Å². The molecule has 0 aromatic heterocycles. The number of hydrogen-bond acceptors (Lipinski definition) is 6. The first-order valence-electron chi connectivity index (χ1n) is 11.7. The number of nitrogens with one attached hydrogen (secondary N) is 4. The van der Waals surface area contributed by atoms with Crippen molar-refractivity contribution in [3.8, 4) is 0 Å². The standard InChI is InChI=1S/C22H38N4O6S/c1-22(2,3)32-12-18(28)24-14(20(29)30)8-6-7-11-23-17(27)10-5-4-9-16-19-15(13-33-16)25-21(31)26-19/h14-16,19H,4-13H2,1-3H3,(H,23,27)(H,24,28)(H,29,30)(H2,25,26,31)/t14?,15-,16?,19-/m0/s1. The molecule has 0 aromatic carbocycles. The Morgan fingerprint density at radius 3 is 2.61 bits per heavy atom. The van der Waals surface area contributed by atoms with Crippen molar-refractivity contribution in [3.63, 3.8) is 0 Å². The number of carboxylic acids is 1. The Balaban J connectivity index is 1.51. The van der Waals surface area contributed by atoms with Crippen LogP contribution in [0, 0.1) is 0 Å². The quantitative estimate of drug-likeness (QED) is 0.184. The SMILES string of the molecule is CC(C)(C)OCC(=O)NC(CCCCNC(=O)CCCCC1SC[C@@H]2NC(=O)N[C@H]12)C(=O)O. The number of rotatable bonds is 14. The van der Waals surface area contributed by atoms with Gasteiger partial charge in [-0.15, -0.1) is 0 Å². The summed E-state index contributed by atoms with van der Waals surface area (Å²) in [7, 11) is 0. The van der Waals surface area contributed by atoms with Crippen molar-refractivity contribution in [2.75, 3.05) is 18.9 Å². The maximum absolute atomic E-state index is 12.0. The monoisotopic (exact) mass is 486 g/mol. The average Bonchev–Trinajstić information content (AvgIpc) is 3.27. The second kappa shape index (κ2) is 13.0. The molecule has 2 saturated heterocycles. The van der Waals surface area contributed by atoms with Gasteiger partial charge in [0.15, 0.2) is 0 Å². The molecule has 0 spiro atoms. The highest BCUT2D eigenvalue weighted by atomic mass is 32.2. The van der Waals surface area contributed by atoms with Gasteiger partial charge in [-0.05, 0) is 52.9 Å². The van der Waals surface area contributed by atoms with Crippen LogP contribution < -0.4 is 21.3 Å². The predicted molar refractivity (Wildman–Crippen MR) is 126 cm³/mol. The molecule has 5 N–H and O–H groups in total. The lowest BCUT2D eigenvalue weighted by Crippen LogP contribution is -2.43. The number of carboxylic acid groups (broad SMARTS) is 1. The molecule has 10 nitrogen and oxygen atoms in total. The molecule has 188 valence electrons. The van der Waals surface area contributed by atoms with Gasteiger partial charge in [0.1, 0.15) is 12.6 Å². The first-order chi connectivity index (χ1) is 15.5. The molecule has 4 amide bonds. The van der Waals surface area contributed by atoms with E-state index in [1.165, 1.54) is 0 Å². The molecule has 2 fully saturated rings. The first-order valence-corrected chi connectivity index (χ1v) is 12.7. The molecule has 2 heterocycles. The van der Waals surface area contributed by atoms with Crippen LogP contribution >= 0.6 is 11.8 Å². The Morgan fingerprint density at radius 1 is 1.15 bits per heavy atom. The van der Waals surface area contributed by atoms with E-state index in [1.807, 2.05) is 32.5 Å². The van der Waals surface area contributed by atoms with Gasteiger partial charge in [0.25, 0.3) is 0 Å². The lowest BCUT2D eigenvalue weighted by Gasteiger charge is -2.20. The number of carbonyl (C=O) groups is 4. The number of unbranched alkanes of at least 4 members (excludes halogenated alkanes) is 2. The molecule has 0 aromatic rings. The summed E-state index contributed by atoms with van der Waals surface area (Å²) in [6, 6.07) is -0.630. The third-order valence-corrected chi connectivity index (χ3v) is 7.10. The fraction of sp³-hybridized carbons (Fsp3) is 0.818. The molecule has 0 radical (unpaired) electrons. The Labute approximate surface area is 199 Å². The van der Waals surface area contributed by atoms with Gasteiger partial charge in [-0.25, -0.2) is 9.59 Å². The minimum atomic E-state index is -1.08. The van der Waals surface area contributed by atoms with Gasteiger partial charge in [-0.2, -0.15) is 11.8 Å². The summed E-state index contributed by atoms with van der Waals surface area (Å²) in [6.07, 6.45) is 4.66. The zero-order chi connectivity index (χ0) is 24.4. The molecule has 2 unspecified atom stereocenters. The summed E-state index contributed by atoms with van der Waals surface area (Å²) in [5.41, 5.74) is -0.474. The average molecular weight is 487 g/mol. The van der Waals surface area contributed by atoms with E-state index < -0.39 is 23.5 Å². The van der Waals surface area contributed by atoms with E-state index in [4.69, 9.17) is 4.74 Å². The van der Waals surface area contributed by atoms with E-state index in [0.29, 0.717) is 37.5 Å². The molecule has 2 rings (SSSR count). The third-order valence-electron chi connectivity index (χ3n) is 5.59. The Hall–Kier alpha value is -2.01. The second-order valence-corrected chi connectivity index (χ2v) is 10.8. The van der Waals surface area contributed by atoms with Crippen molar-refractivity contribution in [2.45, 2.75) is 94.7 Å². The van der Waals surface area contributed by atoms with Crippen molar-refractivity contribution in [2.24, 2.45) is 0 Å². The third kappa shape index (κ3) is 10.2. The topological polar surface area (TPSA) is 146 Å². The van der Waals surface area contributed by atoms with Gasteiger partial charge >= 0.3 is 12.0 Å². The Bertz CT molecular complexity index is 699. The summed E-state index contributed by atoms with van der Waals surface area (Å²) in [5.74, 6) is -0.608. The van der Waals surface area contributed by atoms with E-state index in [1.54, 1.807) is 0 Å². The lowest BCUT2D eigenvalue weighted by atomic mass is 10.0. The number of amides is 4. The number of urea groups is 1. The molecular formula is C22H38N4O6S. The highest BCUT2D eigenvalue weighted by molar-refractivity contribution is 8.00. The molecule has 11 heteroatoms. The molecule has 2 aliphatic heterocycles. The molecular weight excluding hydrogens is 448 g/mol. The molecule has 0 bridgehead atoms. The number of fused-ring (bicyclic) bond motifs is 1. The largest absolute Gasteiger partial charge is 0.480 e. The first kappa shape index (κ1) is 27.2. The highest BCUT2D eigenvalue weighted by Gasteiger charge is 2.42. The zero-order valence-electron chi connectivity index (χ0n) is 19.8. The van der Waals surface area contributed by atoms with Crippen LogP contribution in [0.15, 0.2) is 0 Å². The van der Waals surface area contributed by atoms with Crippen LogP contribution in [0.5, 0.6) is 0 Å². The van der Waals surface area contributed by atoms with Gasteiger partial charge in [0.2, 0.25) is 11.8 Å². The summed E-state index contributed by atoms with van der Waals surface area (Å²) in [6.45, 7) is 5.75. The maximum Gasteiger partial charge on any atom is 0.326 e. The van der Waals surface area contributed by atoms with Crippen LogP contribution in [0.2, 0.25) is 0 Å². The Morgan fingerprint density at radius 2 is 1.91 bits per heavy atom. The second-order valence-electron chi connectivity index (χ2n) is 9.57. The van der Waals surface area contributed by atoms with Gasteiger partial charge in [-0.1, -0.05) is 6.42 Å². The van der Waals surface area contributed by atoms with Crippen LogP contribution in [0.4, 0.5) is 4.79 Å². The fourth-order valence-corrected chi connectivity index (χ4v) is 5.38. The van der Waals surface area contributed by atoms with E-state index in [9.17, 15) is 24.3 Å². The summed E-state index contributed by atoms with van der Waals surface area (Å²) < 4.78 is 5.36. The van der Waals surface area contributed by atoms with Gasteiger partial charge in [0, 0.05) is 24.0 Å². The van der Waals surface area contributed by atoms with Crippen molar-refractivity contribution in [1.82, 2.24) is 21.3 Å². The summed E-state index contributed by atoms with van der Waals surface area (Å²) >= 11 is 1.87. The number of thioether (sulfide) groups is 1. The maximum atomic E-state index is 12.0. The van der Waals surface area contributed by atoms with Crippen LogP contribution in [-0.2, 0) is 19.1 Å². The zero-order valence-corrected chi connectivity index (χ0v) is 20.6. The van der Waals surface area contributed by atoms with Crippen molar-refractivity contribution < 1.29 is 29.0 Å². The minimum absolute atomic E-state index is 0.00907. The molecule has 33 heavy (non-hydrogen) atoms. The van der Waals surface area contributed by atoms with Crippen molar-refractivity contribution in [3.05, 3.63) is 0 Å². The predicted octanol–water partition coefficient (Wildman–Crippen LogP) is 1.38. The number of ether oxygens (including phenoxy) is 1. The van der Waals surface area contributed by atoms with E-state index >= 15 is 0 Å². The van der Waals surface area contributed by atoms with Gasteiger partial charge in [-0.3, -0.25) is 9.59 Å². The van der Waals surface area contributed by atoms with Gasteiger partial charge in [0.05, 0.1) is 17.7 Å². The van der Waals surface area contributed by atoms with E-state index in [-0.39, 0.29) is 30.6 Å². The van der Waals surface area contributed by atoms with Gasteiger partial charge < -0.3 is 31.1 Å². The smallest absolute Gasteiger partial charge is 0.326 e. The van der Waals surface area contributed by atoms with Crippen molar-refractivity contribution in [1.29, 1.82) is 0 Å². The van der Waals surface area contributed by atoms with E-state index in [2.05, 4.69) is 21.3 Å². The fourth-order valence-electron chi connectivity index (χ4n) is 3.84. The summed E-state index contributed by atoms with van der Waals surface area (Å²) in [5, 5.41) is 21.0. The van der Waals surface area contributed by atoms with Crippen LogP contribution in [0.3, 0.4) is 0 Å². The summed E-state index contributed by atoms with van der Waals surface area (Å²) in [4.78, 5) is 46.7. The Kier molecular flexibility index (Phi) is 10.7. The molecule has 0 aliphatic carbocycles. The normalized spacial score (nSPS) is 22.8. The number of aliphatic carboxylic acids is 1. The lowest BCUT2D eigenvalue weighted by molar-refractivity contribution is -0.143. The number of carbonyl (C=O) groups excluding carboxylic acids is 3. The molecule has 4 atom stereocenters. The minimum Gasteiger partial charge on any atom is -0.480 e. The molecule has 0 saturated carbocycles. The highest BCUT2D eigenvalue weighted by Crippen LogP contribution is 2.33.